The average Bonchev–Trinajstić information content (AvgIpc) is 2.89. The van der Waals surface area contributed by atoms with E-state index in [0.717, 1.165) is 12.1 Å². The molecule has 1 N–H and O–H groups in total. The molecule has 6 nitrogen and oxygen atoms in total. The SMILES string of the molecule is CC(C)(C)N1C[C@@H](C(=O)NCCS(=O)(=O)c2ccc(F)cc2)CC1=O. The van der Waals surface area contributed by atoms with Crippen molar-refractivity contribution >= 4 is 21.7 Å². The predicted molar refractivity (Wildman–Crippen MR) is 91.0 cm³/mol. The summed E-state index contributed by atoms with van der Waals surface area (Å²) in [6, 6.07) is 4.56. The molecule has 1 fully saturated rings. The lowest BCUT2D eigenvalue weighted by atomic mass is 10.1. The van der Waals surface area contributed by atoms with Crippen molar-refractivity contribution in [1.82, 2.24) is 10.2 Å². The van der Waals surface area contributed by atoms with Crippen molar-refractivity contribution in [3.05, 3.63) is 30.1 Å². The van der Waals surface area contributed by atoms with Crippen molar-refractivity contribution in [3.8, 4) is 0 Å². The summed E-state index contributed by atoms with van der Waals surface area (Å²) in [5.41, 5.74) is -0.349. The lowest BCUT2D eigenvalue weighted by Crippen LogP contribution is -2.43. The Bertz CT molecular complexity index is 754. The van der Waals surface area contributed by atoms with Crippen molar-refractivity contribution in [2.45, 2.75) is 37.6 Å². The standard InChI is InChI=1S/C17H23FN2O4S/c1-17(2,3)20-11-12(10-15(20)21)16(22)19-8-9-25(23,24)14-6-4-13(18)5-7-14/h4-7,12H,8-11H2,1-3H3,(H,19,22)/t12-/m0/s1. The first kappa shape index (κ1) is 19.4. The fourth-order valence-electron chi connectivity index (χ4n) is 2.74. The van der Waals surface area contributed by atoms with Gasteiger partial charge in [-0.05, 0) is 45.0 Å². The fourth-order valence-corrected chi connectivity index (χ4v) is 3.90. The van der Waals surface area contributed by atoms with Gasteiger partial charge in [-0.3, -0.25) is 9.59 Å². The molecule has 8 heteroatoms. The predicted octanol–water partition coefficient (Wildman–Crippen LogP) is 1.36. The van der Waals surface area contributed by atoms with Crippen LogP contribution in [0, 0.1) is 11.7 Å². The third kappa shape index (κ3) is 4.78. The van der Waals surface area contributed by atoms with Gasteiger partial charge in [0.1, 0.15) is 5.82 Å². The van der Waals surface area contributed by atoms with Gasteiger partial charge in [0.15, 0.2) is 9.84 Å². The Balaban J connectivity index is 1.89. The Morgan fingerprint density at radius 1 is 1.28 bits per heavy atom. The topological polar surface area (TPSA) is 83.6 Å². The maximum atomic E-state index is 12.9. The largest absolute Gasteiger partial charge is 0.355 e. The maximum Gasteiger partial charge on any atom is 0.225 e. The van der Waals surface area contributed by atoms with Crippen LogP contribution in [-0.4, -0.2) is 49.5 Å². The highest BCUT2D eigenvalue weighted by Crippen LogP contribution is 2.25. The van der Waals surface area contributed by atoms with Crippen LogP contribution in [-0.2, 0) is 19.4 Å². The van der Waals surface area contributed by atoms with Gasteiger partial charge in [-0.2, -0.15) is 0 Å². The minimum absolute atomic E-state index is 0.0121. The quantitative estimate of drug-likeness (QED) is 0.794. The summed E-state index contributed by atoms with van der Waals surface area (Å²) in [7, 11) is -3.60. The highest BCUT2D eigenvalue weighted by Gasteiger charge is 2.39. The van der Waals surface area contributed by atoms with Crippen LogP contribution < -0.4 is 5.32 Å². The second-order valence-corrected chi connectivity index (χ2v) is 9.25. The van der Waals surface area contributed by atoms with Crippen LogP contribution in [0.5, 0.6) is 0 Å². The molecule has 1 aromatic carbocycles. The number of benzene rings is 1. The molecule has 0 spiro atoms. The number of nitrogens with zero attached hydrogens (tertiary/aromatic N) is 1. The van der Waals surface area contributed by atoms with Crippen molar-refractivity contribution in [3.63, 3.8) is 0 Å². The van der Waals surface area contributed by atoms with Crippen molar-refractivity contribution < 1.29 is 22.4 Å². The molecule has 2 amide bonds. The molecule has 1 aliphatic rings. The number of halogens is 1. The van der Waals surface area contributed by atoms with Crippen LogP contribution in [0.3, 0.4) is 0 Å². The van der Waals surface area contributed by atoms with Gasteiger partial charge in [0.2, 0.25) is 11.8 Å². The summed E-state index contributed by atoms with van der Waals surface area (Å²) in [5.74, 6) is -1.67. The number of rotatable bonds is 5. The molecular formula is C17H23FN2O4S. The molecule has 138 valence electrons. The first-order valence-corrected chi connectivity index (χ1v) is 9.72. The van der Waals surface area contributed by atoms with Crippen LogP contribution in [0.15, 0.2) is 29.2 Å². The van der Waals surface area contributed by atoms with Gasteiger partial charge >= 0.3 is 0 Å². The number of likely N-dealkylation sites (tertiary alicyclic amines) is 1. The van der Waals surface area contributed by atoms with Crippen molar-refractivity contribution in [2.24, 2.45) is 5.92 Å². The first-order chi connectivity index (χ1) is 11.5. The van der Waals surface area contributed by atoms with Crippen LogP contribution in [0.4, 0.5) is 4.39 Å². The van der Waals surface area contributed by atoms with Gasteiger partial charge in [-0.25, -0.2) is 12.8 Å². The summed E-state index contributed by atoms with van der Waals surface area (Å²) in [6.07, 6.45) is 0.133. The zero-order valence-corrected chi connectivity index (χ0v) is 15.4. The van der Waals surface area contributed by atoms with E-state index in [9.17, 15) is 22.4 Å². The summed E-state index contributed by atoms with van der Waals surface area (Å²) >= 11 is 0. The van der Waals surface area contributed by atoms with Crippen LogP contribution in [0.2, 0.25) is 0 Å². The maximum absolute atomic E-state index is 12.9. The van der Waals surface area contributed by atoms with Crippen LogP contribution >= 0.6 is 0 Å². The number of carbonyl (C=O) groups is 2. The molecular weight excluding hydrogens is 347 g/mol. The van der Waals surface area contributed by atoms with Crippen molar-refractivity contribution in [1.29, 1.82) is 0 Å². The van der Waals surface area contributed by atoms with Crippen LogP contribution in [0.1, 0.15) is 27.2 Å². The highest BCUT2D eigenvalue weighted by atomic mass is 32.2. The Hall–Kier alpha value is -1.96. The normalized spacial score (nSPS) is 18.5. The molecule has 0 aliphatic carbocycles. The average molecular weight is 370 g/mol. The minimum atomic E-state index is -3.60. The molecule has 0 saturated carbocycles. The molecule has 0 radical (unpaired) electrons. The summed E-state index contributed by atoms with van der Waals surface area (Å²) in [5, 5.41) is 2.58. The Labute approximate surface area is 147 Å². The van der Waals surface area contributed by atoms with Crippen LogP contribution in [0.25, 0.3) is 0 Å². The number of hydrogen-bond donors (Lipinski definition) is 1. The summed E-state index contributed by atoms with van der Waals surface area (Å²) in [4.78, 5) is 25.9. The van der Waals surface area contributed by atoms with E-state index in [2.05, 4.69) is 5.32 Å². The molecule has 1 aromatic rings. The lowest BCUT2D eigenvalue weighted by molar-refractivity contribution is -0.132. The summed E-state index contributed by atoms with van der Waals surface area (Å²) in [6.45, 7) is 5.99. The van der Waals surface area contributed by atoms with E-state index in [1.165, 1.54) is 12.1 Å². The van der Waals surface area contributed by atoms with E-state index >= 15 is 0 Å². The van der Waals surface area contributed by atoms with Gasteiger partial charge in [0.05, 0.1) is 16.6 Å². The molecule has 0 aromatic heterocycles. The number of nitrogens with one attached hydrogen (secondary N) is 1. The Morgan fingerprint density at radius 3 is 2.40 bits per heavy atom. The number of hydrogen-bond acceptors (Lipinski definition) is 4. The lowest BCUT2D eigenvalue weighted by Gasteiger charge is -2.31. The van der Waals surface area contributed by atoms with Gasteiger partial charge in [-0.15, -0.1) is 0 Å². The van der Waals surface area contributed by atoms with Gasteiger partial charge in [-0.1, -0.05) is 0 Å². The second kappa shape index (κ2) is 7.11. The minimum Gasteiger partial charge on any atom is -0.355 e. The second-order valence-electron chi connectivity index (χ2n) is 7.14. The van der Waals surface area contributed by atoms with E-state index in [0.29, 0.717) is 6.54 Å². The number of carbonyl (C=O) groups excluding carboxylic acids is 2. The molecule has 0 unspecified atom stereocenters. The molecule has 1 aliphatic heterocycles. The Kier molecular flexibility index (Phi) is 5.51. The van der Waals surface area contributed by atoms with Gasteiger partial charge in [0, 0.05) is 25.0 Å². The third-order valence-corrected chi connectivity index (χ3v) is 5.88. The molecule has 1 atom stereocenters. The zero-order valence-electron chi connectivity index (χ0n) is 14.6. The Morgan fingerprint density at radius 2 is 1.88 bits per heavy atom. The van der Waals surface area contributed by atoms with Gasteiger partial charge in [0.25, 0.3) is 0 Å². The number of amides is 2. The van der Waals surface area contributed by atoms with E-state index in [1.54, 1.807) is 4.90 Å². The third-order valence-electron chi connectivity index (χ3n) is 4.15. The zero-order chi connectivity index (χ0) is 18.8. The monoisotopic (exact) mass is 370 g/mol. The number of sulfone groups is 1. The molecule has 1 saturated heterocycles. The summed E-state index contributed by atoms with van der Waals surface area (Å²) < 4.78 is 37.2. The molecule has 2 rings (SSSR count). The first-order valence-electron chi connectivity index (χ1n) is 8.07. The fraction of sp³-hybridized carbons (Fsp3) is 0.529. The van der Waals surface area contributed by atoms with Gasteiger partial charge < -0.3 is 10.2 Å². The van der Waals surface area contributed by atoms with E-state index in [4.69, 9.17) is 0 Å². The van der Waals surface area contributed by atoms with E-state index < -0.39 is 21.6 Å². The molecule has 1 heterocycles. The molecule has 25 heavy (non-hydrogen) atoms. The van der Waals surface area contributed by atoms with Crippen molar-refractivity contribution in [2.75, 3.05) is 18.8 Å². The van der Waals surface area contributed by atoms with E-state index in [1.807, 2.05) is 20.8 Å². The van der Waals surface area contributed by atoms with E-state index in [-0.39, 0.29) is 41.0 Å². The highest BCUT2D eigenvalue weighted by molar-refractivity contribution is 7.91. The smallest absolute Gasteiger partial charge is 0.225 e. The molecule has 0 bridgehead atoms.